The average molecular weight is 312 g/mol. The molecular weight excluding hydrogens is 301 g/mol. The van der Waals surface area contributed by atoms with E-state index in [4.69, 9.17) is 0 Å². The topological polar surface area (TPSA) is 72.0 Å². The summed E-state index contributed by atoms with van der Waals surface area (Å²) >= 11 is 0. The average Bonchev–Trinajstić information content (AvgIpc) is 2.43. The molecule has 0 saturated heterocycles. The number of halogens is 3. The Morgan fingerprint density at radius 3 is 2.59 bits per heavy atom. The van der Waals surface area contributed by atoms with Crippen LogP contribution in [-0.4, -0.2) is 22.1 Å². The molecule has 0 aromatic carbocycles. The van der Waals surface area contributed by atoms with Crippen LogP contribution in [0.2, 0.25) is 0 Å². The second-order valence-electron chi connectivity index (χ2n) is 4.50. The van der Waals surface area contributed by atoms with Crippen LogP contribution in [0.25, 0.3) is 0 Å². The number of H-pyrrole nitrogens is 1. The standard InChI is InChI=1S/C14H11F3N2O3/c1-8-6-9(7-11(20)19-8)13(21)22-12(14(15,16)17)10-4-2-3-5-18-10/h2-7,12H,1H3,(H,19,20)/t12-/m0/s1. The van der Waals surface area contributed by atoms with Crippen LogP contribution in [0.3, 0.4) is 0 Å². The van der Waals surface area contributed by atoms with Crippen molar-refractivity contribution >= 4 is 5.97 Å². The molecule has 0 aliphatic heterocycles. The summed E-state index contributed by atoms with van der Waals surface area (Å²) in [5.74, 6) is -1.25. The Labute approximate surface area is 122 Å². The van der Waals surface area contributed by atoms with E-state index in [1.165, 1.54) is 31.3 Å². The first-order valence-corrected chi connectivity index (χ1v) is 6.17. The van der Waals surface area contributed by atoms with Crippen molar-refractivity contribution in [3.05, 3.63) is 63.8 Å². The van der Waals surface area contributed by atoms with Gasteiger partial charge in [-0.3, -0.25) is 9.78 Å². The van der Waals surface area contributed by atoms with Gasteiger partial charge in [0, 0.05) is 18.0 Å². The highest BCUT2D eigenvalue weighted by molar-refractivity contribution is 5.89. The Kier molecular flexibility index (Phi) is 4.30. The van der Waals surface area contributed by atoms with Crippen LogP contribution in [0.1, 0.15) is 27.8 Å². The van der Waals surface area contributed by atoms with Gasteiger partial charge in [0.2, 0.25) is 11.7 Å². The first-order valence-electron chi connectivity index (χ1n) is 6.17. The van der Waals surface area contributed by atoms with E-state index in [0.29, 0.717) is 5.69 Å². The van der Waals surface area contributed by atoms with E-state index in [0.717, 1.165) is 12.1 Å². The zero-order valence-electron chi connectivity index (χ0n) is 11.3. The highest BCUT2D eigenvalue weighted by Crippen LogP contribution is 2.35. The molecule has 0 radical (unpaired) electrons. The second kappa shape index (κ2) is 6.00. The Bertz CT molecular complexity index is 726. The van der Waals surface area contributed by atoms with Gasteiger partial charge in [0.25, 0.3) is 0 Å². The fraction of sp³-hybridized carbons (Fsp3) is 0.214. The summed E-state index contributed by atoms with van der Waals surface area (Å²) in [6, 6.07) is 6.01. The summed E-state index contributed by atoms with van der Waals surface area (Å²) in [6.07, 6.45) is -6.15. The van der Waals surface area contributed by atoms with E-state index in [-0.39, 0.29) is 5.56 Å². The lowest BCUT2D eigenvalue weighted by Crippen LogP contribution is -2.27. The lowest BCUT2D eigenvalue weighted by atomic mass is 10.2. The molecule has 22 heavy (non-hydrogen) atoms. The van der Waals surface area contributed by atoms with Crippen molar-refractivity contribution in [2.24, 2.45) is 0 Å². The fourth-order valence-electron chi connectivity index (χ4n) is 1.80. The third-order valence-corrected chi connectivity index (χ3v) is 2.69. The number of hydrogen-bond acceptors (Lipinski definition) is 4. The number of aromatic amines is 1. The summed E-state index contributed by atoms with van der Waals surface area (Å²) in [5, 5.41) is 0. The van der Waals surface area contributed by atoms with Gasteiger partial charge in [-0.15, -0.1) is 0 Å². The lowest BCUT2D eigenvalue weighted by Gasteiger charge is -2.20. The molecule has 0 amide bonds. The molecule has 0 aliphatic rings. The molecule has 8 heteroatoms. The van der Waals surface area contributed by atoms with E-state index in [9.17, 15) is 22.8 Å². The van der Waals surface area contributed by atoms with Gasteiger partial charge in [-0.25, -0.2) is 4.79 Å². The smallest absolute Gasteiger partial charge is 0.431 e. The number of pyridine rings is 2. The molecule has 1 N–H and O–H groups in total. The summed E-state index contributed by atoms with van der Waals surface area (Å²) in [4.78, 5) is 29.1. The maximum atomic E-state index is 13.1. The van der Waals surface area contributed by atoms with E-state index in [2.05, 4.69) is 14.7 Å². The van der Waals surface area contributed by atoms with E-state index in [1.54, 1.807) is 0 Å². The van der Waals surface area contributed by atoms with Crippen molar-refractivity contribution in [3.63, 3.8) is 0 Å². The van der Waals surface area contributed by atoms with Gasteiger partial charge in [-0.05, 0) is 25.1 Å². The molecular formula is C14H11F3N2O3. The van der Waals surface area contributed by atoms with Crippen molar-refractivity contribution in [1.82, 2.24) is 9.97 Å². The largest absolute Gasteiger partial charge is 0.442 e. The van der Waals surface area contributed by atoms with Crippen molar-refractivity contribution in [2.75, 3.05) is 0 Å². The molecule has 0 spiro atoms. The zero-order valence-corrected chi connectivity index (χ0v) is 11.3. The Morgan fingerprint density at radius 2 is 2.05 bits per heavy atom. The number of aromatic nitrogens is 2. The fourth-order valence-corrected chi connectivity index (χ4v) is 1.80. The molecule has 0 fully saturated rings. The number of alkyl halides is 3. The van der Waals surface area contributed by atoms with Crippen LogP contribution in [0.4, 0.5) is 13.2 Å². The summed E-state index contributed by atoms with van der Waals surface area (Å²) < 4.78 is 43.7. The number of carbonyl (C=O) groups is 1. The maximum Gasteiger partial charge on any atom is 0.431 e. The van der Waals surface area contributed by atoms with Crippen LogP contribution < -0.4 is 5.56 Å². The van der Waals surface area contributed by atoms with Crippen molar-refractivity contribution in [1.29, 1.82) is 0 Å². The normalized spacial score (nSPS) is 12.7. The summed E-state index contributed by atoms with van der Waals surface area (Å²) in [6.45, 7) is 1.50. The Balaban J connectivity index is 2.31. The van der Waals surface area contributed by atoms with Gasteiger partial charge in [-0.1, -0.05) is 6.07 Å². The molecule has 5 nitrogen and oxygen atoms in total. The van der Waals surface area contributed by atoms with Gasteiger partial charge in [0.05, 0.1) is 11.3 Å². The Hall–Kier alpha value is -2.64. The number of nitrogens with one attached hydrogen (secondary N) is 1. The SMILES string of the molecule is Cc1cc(C(=O)O[C@@H](c2ccccn2)C(F)(F)F)cc(=O)[nH]1. The second-order valence-corrected chi connectivity index (χ2v) is 4.50. The van der Waals surface area contributed by atoms with Crippen molar-refractivity contribution in [3.8, 4) is 0 Å². The van der Waals surface area contributed by atoms with E-state index in [1.807, 2.05) is 0 Å². The molecule has 116 valence electrons. The minimum Gasteiger partial charge on any atom is -0.442 e. The number of aryl methyl sites for hydroxylation is 1. The van der Waals surface area contributed by atoms with Gasteiger partial charge in [-0.2, -0.15) is 13.2 Å². The quantitative estimate of drug-likeness (QED) is 0.884. The van der Waals surface area contributed by atoms with Crippen LogP contribution in [0.15, 0.2) is 41.3 Å². The predicted molar refractivity (Wildman–Crippen MR) is 70.2 cm³/mol. The third kappa shape index (κ3) is 3.72. The molecule has 2 aromatic rings. The first kappa shape index (κ1) is 15.7. The third-order valence-electron chi connectivity index (χ3n) is 2.69. The van der Waals surface area contributed by atoms with Crippen LogP contribution in [-0.2, 0) is 4.74 Å². The number of hydrogen-bond donors (Lipinski definition) is 1. The number of carbonyl (C=O) groups excluding carboxylic acids is 1. The van der Waals surface area contributed by atoms with Crippen LogP contribution in [0, 0.1) is 6.92 Å². The monoisotopic (exact) mass is 312 g/mol. The summed E-state index contributed by atoms with van der Waals surface area (Å²) in [5.41, 5.74) is -0.967. The number of rotatable bonds is 3. The molecule has 2 heterocycles. The van der Waals surface area contributed by atoms with E-state index < -0.39 is 29.5 Å². The Morgan fingerprint density at radius 1 is 1.32 bits per heavy atom. The molecule has 2 aromatic heterocycles. The first-order chi connectivity index (χ1) is 10.3. The van der Waals surface area contributed by atoms with Gasteiger partial charge < -0.3 is 9.72 Å². The van der Waals surface area contributed by atoms with Crippen LogP contribution in [0.5, 0.6) is 0 Å². The van der Waals surface area contributed by atoms with Gasteiger partial charge in [0.15, 0.2) is 0 Å². The lowest BCUT2D eigenvalue weighted by molar-refractivity contribution is -0.208. The number of nitrogens with zero attached hydrogens (tertiary/aromatic N) is 1. The molecule has 2 rings (SSSR count). The van der Waals surface area contributed by atoms with Gasteiger partial charge in [0.1, 0.15) is 0 Å². The minimum absolute atomic E-state index is 0.258. The highest BCUT2D eigenvalue weighted by Gasteiger charge is 2.45. The maximum absolute atomic E-state index is 13.1. The molecule has 0 bridgehead atoms. The minimum atomic E-state index is -4.82. The zero-order chi connectivity index (χ0) is 16.3. The molecule has 0 aliphatic carbocycles. The number of ether oxygens (including phenoxy) is 1. The highest BCUT2D eigenvalue weighted by atomic mass is 19.4. The van der Waals surface area contributed by atoms with Crippen LogP contribution >= 0.6 is 0 Å². The van der Waals surface area contributed by atoms with Gasteiger partial charge >= 0.3 is 12.1 Å². The summed E-state index contributed by atoms with van der Waals surface area (Å²) in [7, 11) is 0. The van der Waals surface area contributed by atoms with Crippen molar-refractivity contribution < 1.29 is 22.7 Å². The molecule has 0 saturated carbocycles. The predicted octanol–water partition coefficient (Wildman–Crippen LogP) is 2.54. The molecule has 0 unspecified atom stereocenters. The van der Waals surface area contributed by atoms with Crippen molar-refractivity contribution in [2.45, 2.75) is 19.2 Å². The molecule has 1 atom stereocenters. The van der Waals surface area contributed by atoms with E-state index >= 15 is 0 Å². The number of esters is 1.